The van der Waals surface area contributed by atoms with E-state index in [1.165, 1.54) is 148 Å². The van der Waals surface area contributed by atoms with E-state index < -0.39 is 0 Å². The molecule has 4 saturated heterocycles. The van der Waals surface area contributed by atoms with E-state index in [-0.39, 0.29) is 0 Å². The number of rotatable bonds is 0. The van der Waals surface area contributed by atoms with Crippen molar-refractivity contribution in [2.75, 3.05) is 65.8 Å². The van der Waals surface area contributed by atoms with E-state index in [9.17, 15) is 0 Å². The maximum atomic E-state index is 5.29. The Balaban J connectivity index is 0.000000451. The van der Waals surface area contributed by atoms with Crippen molar-refractivity contribution in [1.29, 1.82) is 0 Å². The molecule has 0 spiro atoms. The van der Waals surface area contributed by atoms with Crippen molar-refractivity contribution in [2.24, 2.45) is 90.7 Å². The largest absolute Gasteiger partial charge is 0.381 e. The monoisotopic (exact) mass is 1130 g/mol. The molecule has 4 heterocycles. The molecule has 0 amide bonds. The zero-order valence-corrected chi connectivity index (χ0v) is 60.2. The van der Waals surface area contributed by atoms with Gasteiger partial charge in [-0.05, 0) is 208 Å². The molecule has 0 bridgehead atoms. The molecule has 480 valence electrons. The third kappa shape index (κ3) is 35.4. The van der Waals surface area contributed by atoms with Gasteiger partial charge in [-0.25, -0.2) is 0 Å². The number of ether oxygens (including phenoxy) is 3. The van der Waals surface area contributed by atoms with E-state index in [1.807, 2.05) is 0 Å². The fraction of sp³-hybridized carbons (Fsp3) is 1.00. The molecule has 0 aromatic rings. The maximum Gasteiger partial charge on any atom is 0.0594 e. The molecule has 5 heteroatoms. The summed E-state index contributed by atoms with van der Waals surface area (Å²) in [7, 11) is 0. The highest BCUT2D eigenvalue weighted by Crippen LogP contribution is 2.45. The lowest BCUT2D eigenvalue weighted by Gasteiger charge is -2.38. The van der Waals surface area contributed by atoms with Crippen LogP contribution in [0.1, 0.15) is 322 Å². The predicted octanol–water partition coefficient (Wildman–Crippen LogP) is 22.2. The number of nitrogens with one attached hydrogen (secondary N) is 1. The zero-order valence-electron chi connectivity index (χ0n) is 60.2. The minimum absolute atomic E-state index is 0.323. The lowest BCUT2D eigenvalue weighted by Crippen LogP contribution is -2.47. The zero-order chi connectivity index (χ0) is 61.4. The molecule has 9 rings (SSSR count). The summed E-state index contributed by atoms with van der Waals surface area (Å²) in [5.74, 6) is 7.74. The lowest BCUT2D eigenvalue weighted by molar-refractivity contribution is -0.0821. The van der Waals surface area contributed by atoms with Crippen molar-refractivity contribution in [2.45, 2.75) is 327 Å². The molecule has 80 heavy (non-hydrogen) atoms. The first kappa shape index (κ1) is 77.8. The standard InChI is InChI=1S/C10H20.C9H19N.C9H18O.C9H18.C8H17NO.2C8H16.C7H14O.C7H14/c1-10(2,3)9-7-5-4-6-8-9;2*1-9(2,3)8-4-6-10-7-5-8;1-9(2,3)8-6-4-5-7-8;1-8(2,3)9-4-6-10-7-5-9;2*1-8(2,3)7-5-4-6-7;1-7(2,3)6-4-8-5-6;1-7(2,3)6-4-5-6/h9H,4-8H2,1-3H3;8,10H,4-7H2,1-3H3;8H,4-7H2,1-3H3;8H,4-7H2,1-3H3;4-7H2,1-3H3;2*7H,4-6H2,1-3H3;6H,4-5H2,1-3H3;6H,4-5H2,1-3H3. The molecule has 4 aliphatic heterocycles. The van der Waals surface area contributed by atoms with Crippen molar-refractivity contribution in [3.8, 4) is 0 Å². The summed E-state index contributed by atoms with van der Waals surface area (Å²) in [5, 5.41) is 3.39. The Bertz CT molecular complexity index is 1320. The average molecular weight is 1130 g/mol. The van der Waals surface area contributed by atoms with E-state index in [0.717, 1.165) is 100 Å². The minimum Gasteiger partial charge on any atom is -0.381 e. The van der Waals surface area contributed by atoms with E-state index in [4.69, 9.17) is 14.2 Å². The number of piperidine rings is 1. The summed E-state index contributed by atoms with van der Waals surface area (Å²) in [4.78, 5) is 2.45. The van der Waals surface area contributed by atoms with Crippen molar-refractivity contribution in [3.63, 3.8) is 0 Å². The van der Waals surface area contributed by atoms with Gasteiger partial charge in [0.15, 0.2) is 0 Å². The number of hydrogen-bond donors (Lipinski definition) is 1. The molecule has 5 aliphatic carbocycles. The van der Waals surface area contributed by atoms with Crippen LogP contribution < -0.4 is 5.32 Å². The lowest BCUT2D eigenvalue weighted by atomic mass is 9.69. The number of morpholine rings is 1. The van der Waals surface area contributed by atoms with Gasteiger partial charge in [-0.15, -0.1) is 0 Å². The van der Waals surface area contributed by atoms with Gasteiger partial charge in [-0.2, -0.15) is 0 Å². The highest BCUT2D eigenvalue weighted by Gasteiger charge is 2.35. The van der Waals surface area contributed by atoms with Gasteiger partial charge in [0, 0.05) is 37.8 Å². The second-order valence-corrected chi connectivity index (χ2v) is 36.7. The molecular weight excluding hydrogens is 977 g/mol. The third-order valence-electron chi connectivity index (χ3n) is 20.7. The Hall–Kier alpha value is -0.200. The smallest absolute Gasteiger partial charge is 0.0594 e. The Kier molecular flexibility index (Phi) is 34.6. The number of nitrogens with zero attached hydrogens (tertiary/aromatic N) is 1. The molecule has 0 aromatic heterocycles. The van der Waals surface area contributed by atoms with Gasteiger partial charge in [0.2, 0.25) is 0 Å². The molecule has 0 aromatic carbocycles. The van der Waals surface area contributed by atoms with Crippen LogP contribution in [0.15, 0.2) is 0 Å². The van der Waals surface area contributed by atoms with Crippen molar-refractivity contribution < 1.29 is 14.2 Å². The summed E-state index contributed by atoms with van der Waals surface area (Å²) < 4.78 is 15.6. The van der Waals surface area contributed by atoms with Gasteiger partial charge in [-0.3, -0.25) is 4.90 Å². The van der Waals surface area contributed by atoms with Gasteiger partial charge in [0.05, 0.1) is 26.4 Å². The molecule has 1 N–H and O–H groups in total. The van der Waals surface area contributed by atoms with Crippen LogP contribution in [0.3, 0.4) is 0 Å². The fourth-order valence-corrected chi connectivity index (χ4v) is 12.5. The summed E-state index contributed by atoms with van der Waals surface area (Å²) in [5.41, 5.74) is 4.77. The molecule has 9 fully saturated rings. The van der Waals surface area contributed by atoms with Gasteiger partial charge < -0.3 is 19.5 Å². The van der Waals surface area contributed by atoms with Crippen LogP contribution in [-0.4, -0.2) is 76.3 Å². The predicted molar refractivity (Wildman–Crippen MR) is 357 cm³/mol. The van der Waals surface area contributed by atoms with Crippen LogP contribution in [-0.2, 0) is 14.2 Å². The topological polar surface area (TPSA) is 43.0 Å². The van der Waals surface area contributed by atoms with Crippen LogP contribution in [0.5, 0.6) is 0 Å². The molecule has 0 unspecified atom stereocenters. The number of hydrogen-bond acceptors (Lipinski definition) is 5. The highest BCUT2D eigenvalue weighted by molar-refractivity contribution is 4.86. The summed E-state index contributed by atoms with van der Waals surface area (Å²) in [6.45, 7) is 73.1. The molecule has 9 aliphatic rings. The first-order valence-electron chi connectivity index (χ1n) is 34.6. The molecule has 0 radical (unpaired) electrons. The quantitative estimate of drug-likeness (QED) is 0.262. The van der Waals surface area contributed by atoms with Gasteiger partial charge in [0.25, 0.3) is 0 Å². The first-order chi connectivity index (χ1) is 36.4. The van der Waals surface area contributed by atoms with E-state index in [2.05, 4.69) is 197 Å². The molecule has 5 saturated carbocycles. The van der Waals surface area contributed by atoms with E-state index >= 15 is 0 Å². The highest BCUT2D eigenvalue weighted by atomic mass is 16.5. The normalized spacial score (nSPS) is 23.0. The molecule has 0 atom stereocenters. The van der Waals surface area contributed by atoms with E-state index in [0.29, 0.717) is 48.9 Å². The van der Waals surface area contributed by atoms with Gasteiger partial charge >= 0.3 is 0 Å². The summed E-state index contributed by atoms with van der Waals surface area (Å²) in [6, 6.07) is 0. The van der Waals surface area contributed by atoms with E-state index in [1.54, 1.807) is 0 Å². The molecular formula is C75H152N2O3. The van der Waals surface area contributed by atoms with Gasteiger partial charge in [-0.1, -0.05) is 211 Å². The van der Waals surface area contributed by atoms with Crippen LogP contribution in [0.25, 0.3) is 0 Å². The Morgan fingerprint density at radius 2 is 0.500 bits per heavy atom. The van der Waals surface area contributed by atoms with Crippen molar-refractivity contribution >= 4 is 0 Å². The van der Waals surface area contributed by atoms with Crippen LogP contribution >= 0.6 is 0 Å². The minimum atomic E-state index is 0.323. The van der Waals surface area contributed by atoms with Crippen molar-refractivity contribution in [3.05, 3.63) is 0 Å². The third-order valence-corrected chi connectivity index (χ3v) is 20.7. The average Bonchev–Trinajstić information content (AvgIpc) is 3.99. The Morgan fingerprint density at radius 1 is 0.250 bits per heavy atom. The Morgan fingerprint density at radius 3 is 0.662 bits per heavy atom. The summed E-state index contributed by atoms with van der Waals surface area (Å²) >= 11 is 0. The summed E-state index contributed by atoms with van der Waals surface area (Å²) in [6.07, 6.45) is 30.3. The van der Waals surface area contributed by atoms with Crippen molar-refractivity contribution in [1.82, 2.24) is 10.2 Å². The van der Waals surface area contributed by atoms with Crippen LogP contribution in [0.4, 0.5) is 0 Å². The van der Waals surface area contributed by atoms with Gasteiger partial charge in [0.1, 0.15) is 0 Å². The van der Waals surface area contributed by atoms with Crippen LogP contribution in [0, 0.1) is 90.7 Å². The Labute approximate surface area is 505 Å². The molecule has 5 nitrogen and oxygen atoms in total. The second-order valence-electron chi connectivity index (χ2n) is 36.7. The maximum absolute atomic E-state index is 5.29. The second kappa shape index (κ2) is 35.6. The fourth-order valence-electron chi connectivity index (χ4n) is 12.5. The SMILES string of the molecule is CC(C)(C)C1CC1.CC(C)(C)C1CCC1.CC(C)(C)C1CCC1.CC(C)(C)C1CCCC1.CC(C)(C)C1CCCCC1.CC(C)(C)C1CCNCC1.CC(C)(C)C1CCOCC1.CC(C)(C)C1COC1.CC(C)(C)N1CCOCC1. The first-order valence-corrected chi connectivity index (χ1v) is 34.6. The van der Waals surface area contributed by atoms with Crippen LogP contribution in [0.2, 0.25) is 0 Å².